The summed E-state index contributed by atoms with van der Waals surface area (Å²) in [6.07, 6.45) is 5.21. The molecule has 0 aromatic carbocycles. The first-order valence-corrected chi connectivity index (χ1v) is 5.95. The summed E-state index contributed by atoms with van der Waals surface area (Å²) in [6.45, 7) is 8.75. The lowest BCUT2D eigenvalue weighted by Gasteiger charge is -2.46. The van der Waals surface area contributed by atoms with Crippen LogP contribution in [0.5, 0.6) is 0 Å². The molecule has 2 aliphatic rings. The zero-order valence-electron chi connectivity index (χ0n) is 9.73. The summed E-state index contributed by atoms with van der Waals surface area (Å²) < 4.78 is 6.14. The lowest BCUT2D eigenvalue weighted by Crippen LogP contribution is -2.62. The van der Waals surface area contributed by atoms with Crippen molar-refractivity contribution in [3.8, 4) is 0 Å². The lowest BCUT2D eigenvalue weighted by atomic mass is 9.85. The first-order chi connectivity index (χ1) is 6.56. The Kier molecular flexibility index (Phi) is 2.61. The summed E-state index contributed by atoms with van der Waals surface area (Å²) in [7, 11) is 0. The largest absolute Gasteiger partial charge is 0.372 e. The Labute approximate surface area is 87.4 Å². The standard InChI is InChI=1S/C12H23NO/c1-10(2)11(3)9-14-12(8-13-11)6-4-5-7-12/h10,13H,4-9H2,1-3H3. The van der Waals surface area contributed by atoms with Crippen LogP contribution in [0.3, 0.4) is 0 Å². The molecule has 2 rings (SSSR count). The molecular formula is C12H23NO. The predicted molar refractivity (Wildman–Crippen MR) is 58.4 cm³/mol. The Morgan fingerprint density at radius 3 is 2.29 bits per heavy atom. The highest BCUT2D eigenvalue weighted by atomic mass is 16.5. The molecule has 2 nitrogen and oxygen atoms in total. The third kappa shape index (κ3) is 1.70. The summed E-state index contributed by atoms with van der Waals surface area (Å²) in [5.74, 6) is 0.640. The maximum Gasteiger partial charge on any atom is 0.0807 e. The molecule has 1 spiro atoms. The SMILES string of the molecule is CC(C)C1(C)COC2(CCCC2)CN1. The van der Waals surface area contributed by atoms with Crippen LogP contribution < -0.4 is 5.32 Å². The molecule has 1 N–H and O–H groups in total. The molecule has 1 saturated carbocycles. The maximum atomic E-state index is 6.14. The molecule has 0 bridgehead atoms. The van der Waals surface area contributed by atoms with Crippen molar-refractivity contribution in [3.05, 3.63) is 0 Å². The number of nitrogens with one attached hydrogen (secondary N) is 1. The first kappa shape index (κ1) is 10.4. The molecule has 1 atom stereocenters. The van der Waals surface area contributed by atoms with Crippen LogP contribution in [0, 0.1) is 5.92 Å². The molecule has 0 amide bonds. The second-order valence-corrected chi connectivity index (χ2v) is 5.60. The van der Waals surface area contributed by atoms with Crippen LogP contribution in [0.4, 0.5) is 0 Å². The lowest BCUT2D eigenvalue weighted by molar-refractivity contribution is -0.110. The Hall–Kier alpha value is -0.0800. The van der Waals surface area contributed by atoms with E-state index in [-0.39, 0.29) is 11.1 Å². The summed E-state index contributed by atoms with van der Waals surface area (Å²) in [4.78, 5) is 0. The molecule has 1 saturated heterocycles. The van der Waals surface area contributed by atoms with Crippen LogP contribution in [0.25, 0.3) is 0 Å². The second kappa shape index (κ2) is 3.49. The summed E-state index contributed by atoms with van der Waals surface area (Å²) >= 11 is 0. The average molecular weight is 197 g/mol. The number of morpholine rings is 1. The van der Waals surface area contributed by atoms with E-state index in [9.17, 15) is 0 Å². The van der Waals surface area contributed by atoms with Crippen molar-refractivity contribution in [2.75, 3.05) is 13.2 Å². The van der Waals surface area contributed by atoms with Gasteiger partial charge >= 0.3 is 0 Å². The zero-order chi connectivity index (χ0) is 10.2. The van der Waals surface area contributed by atoms with Crippen molar-refractivity contribution in [2.24, 2.45) is 5.92 Å². The predicted octanol–water partition coefficient (Wildman–Crippen LogP) is 2.33. The van der Waals surface area contributed by atoms with E-state index in [1.165, 1.54) is 25.7 Å². The van der Waals surface area contributed by atoms with Gasteiger partial charge in [-0.15, -0.1) is 0 Å². The van der Waals surface area contributed by atoms with Gasteiger partial charge in [-0.2, -0.15) is 0 Å². The number of hydrogen-bond acceptors (Lipinski definition) is 2. The molecule has 2 fully saturated rings. The molecule has 1 heterocycles. The minimum absolute atomic E-state index is 0.188. The first-order valence-electron chi connectivity index (χ1n) is 5.95. The van der Waals surface area contributed by atoms with E-state index >= 15 is 0 Å². The molecule has 1 unspecified atom stereocenters. The Morgan fingerprint density at radius 2 is 1.86 bits per heavy atom. The van der Waals surface area contributed by atoms with E-state index in [0.29, 0.717) is 5.92 Å². The highest BCUT2D eigenvalue weighted by Gasteiger charge is 2.43. The molecule has 82 valence electrons. The average Bonchev–Trinajstić information content (AvgIpc) is 2.60. The molecule has 1 aliphatic carbocycles. The van der Waals surface area contributed by atoms with Gasteiger partial charge in [0.1, 0.15) is 0 Å². The molecule has 0 radical (unpaired) electrons. The fourth-order valence-corrected chi connectivity index (χ4v) is 2.48. The van der Waals surface area contributed by atoms with E-state index in [1.807, 2.05) is 0 Å². The fraction of sp³-hybridized carbons (Fsp3) is 1.00. The highest BCUT2D eigenvalue weighted by molar-refractivity contribution is 4.99. The normalized spacial score (nSPS) is 36.9. The van der Waals surface area contributed by atoms with Gasteiger partial charge in [0.2, 0.25) is 0 Å². The number of hydrogen-bond donors (Lipinski definition) is 1. The highest BCUT2D eigenvalue weighted by Crippen LogP contribution is 2.37. The summed E-state index contributed by atoms with van der Waals surface area (Å²) in [6, 6.07) is 0. The molecular weight excluding hydrogens is 174 g/mol. The molecule has 0 aromatic heterocycles. The Balaban J connectivity index is 1.97. The van der Waals surface area contributed by atoms with Gasteiger partial charge in [-0.05, 0) is 25.7 Å². The number of ether oxygens (including phenoxy) is 1. The molecule has 2 heteroatoms. The van der Waals surface area contributed by atoms with Gasteiger partial charge in [0.25, 0.3) is 0 Å². The van der Waals surface area contributed by atoms with E-state index in [1.54, 1.807) is 0 Å². The van der Waals surface area contributed by atoms with Crippen molar-refractivity contribution < 1.29 is 4.74 Å². The van der Waals surface area contributed by atoms with E-state index in [4.69, 9.17) is 4.74 Å². The van der Waals surface area contributed by atoms with Crippen LogP contribution in [-0.2, 0) is 4.74 Å². The van der Waals surface area contributed by atoms with Gasteiger partial charge in [0.15, 0.2) is 0 Å². The van der Waals surface area contributed by atoms with Crippen molar-refractivity contribution in [1.82, 2.24) is 5.32 Å². The number of rotatable bonds is 1. The summed E-state index contributed by atoms with van der Waals surface area (Å²) in [5.41, 5.74) is 0.391. The van der Waals surface area contributed by atoms with E-state index in [0.717, 1.165) is 13.2 Å². The van der Waals surface area contributed by atoms with Crippen LogP contribution in [0.15, 0.2) is 0 Å². The van der Waals surface area contributed by atoms with Crippen LogP contribution >= 0.6 is 0 Å². The van der Waals surface area contributed by atoms with Crippen LogP contribution in [0.2, 0.25) is 0 Å². The van der Waals surface area contributed by atoms with E-state index in [2.05, 4.69) is 26.1 Å². The maximum absolute atomic E-state index is 6.14. The fourth-order valence-electron chi connectivity index (χ4n) is 2.48. The van der Waals surface area contributed by atoms with Crippen molar-refractivity contribution in [2.45, 2.75) is 57.6 Å². The minimum atomic E-state index is 0.188. The third-order valence-electron chi connectivity index (χ3n) is 4.28. The van der Waals surface area contributed by atoms with Crippen molar-refractivity contribution >= 4 is 0 Å². The topological polar surface area (TPSA) is 21.3 Å². The van der Waals surface area contributed by atoms with Gasteiger partial charge in [0, 0.05) is 12.1 Å². The zero-order valence-corrected chi connectivity index (χ0v) is 9.73. The quantitative estimate of drug-likeness (QED) is 0.696. The van der Waals surface area contributed by atoms with Crippen LogP contribution in [0.1, 0.15) is 46.5 Å². The van der Waals surface area contributed by atoms with Gasteiger partial charge < -0.3 is 10.1 Å². The minimum Gasteiger partial charge on any atom is -0.372 e. The smallest absolute Gasteiger partial charge is 0.0807 e. The monoisotopic (exact) mass is 197 g/mol. The molecule has 1 aliphatic heterocycles. The van der Waals surface area contributed by atoms with Gasteiger partial charge in [-0.1, -0.05) is 26.7 Å². The van der Waals surface area contributed by atoms with Crippen molar-refractivity contribution in [1.29, 1.82) is 0 Å². The molecule has 14 heavy (non-hydrogen) atoms. The summed E-state index contributed by atoms with van der Waals surface area (Å²) in [5, 5.41) is 3.70. The Morgan fingerprint density at radius 1 is 1.21 bits per heavy atom. The molecule has 0 aromatic rings. The van der Waals surface area contributed by atoms with Gasteiger partial charge in [0.05, 0.1) is 12.2 Å². The van der Waals surface area contributed by atoms with Crippen molar-refractivity contribution in [3.63, 3.8) is 0 Å². The van der Waals surface area contributed by atoms with Gasteiger partial charge in [-0.25, -0.2) is 0 Å². The second-order valence-electron chi connectivity index (χ2n) is 5.60. The Bertz CT molecular complexity index is 190. The van der Waals surface area contributed by atoms with Gasteiger partial charge in [-0.3, -0.25) is 0 Å². The third-order valence-corrected chi connectivity index (χ3v) is 4.28. The van der Waals surface area contributed by atoms with E-state index < -0.39 is 0 Å². The van der Waals surface area contributed by atoms with Crippen LogP contribution in [-0.4, -0.2) is 24.3 Å².